The standard InChI is InChI=1S/C25H29BINO9/c1-12(6-13-7-17(27)22(30)19(8-13)35-2)4-5-18-20-14(11-29)9-15-21(16(20)10-26(34)37-18)24(32)28(23(15)31)25(33)36-3/h6-8,15-16,18,21,29-30,34H,4-5,9-11H2,1-3H3/b12-6+/t15-,16+,18-,21-/m1/s1. The number of nitrogens with zero attached hydrogens (tertiary/aromatic N) is 1. The number of carbonyl (C=O) groups excluding carboxylic acids is 3. The largest absolute Gasteiger partial charge is 0.504 e. The summed E-state index contributed by atoms with van der Waals surface area (Å²) in [6.45, 7) is 1.64. The second-order valence-corrected chi connectivity index (χ2v) is 10.7. The van der Waals surface area contributed by atoms with Crippen molar-refractivity contribution in [2.45, 2.75) is 38.6 Å². The summed E-state index contributed by atoms with van der Waals surface area (Å²) >= 11 is 2.03. The minimum atomic E-state index is -1.15. The maximum atomic E-state index is 13.1. The topological polar surface area (TPSA) is 143 Å². The number of aliphatic hydroxyl groups excluding tert-OH is 1. The molecule has 4 atom stereocenters. The first-order valence-corrected chi connectivity index (χ1v) is 13.0. The highest BCUT2D eigenvalue weighted by molar-refractivity contribution is 14.1. The van der Waals surface area contributed by atoms with Gasteiger partial charge in [0.2, 0.25) is 11.8 Å². The maximum absolute atomic E-state index is 13.1. The predicted molar refractivity (Wildman–Crippen MR) is 141 cm³/mol. The molecule has 2 fully saturated rings. The summed E-state index contributed by atoms with van der Waals surface area (Å²) in [5.74, 6) is -2.96. The molecule has 1 aliphatic carbocycles. The molecule has 0 radical (unpaired) electrons. The van der Waals surface area contributed by atoms with Crippen molar-refractivity contribution in [3.8, 4) is 11.5 Å². The highest BCUT2D eigenvalue weighted by Crippen LogP contribution is 2.50. The zero-order chi connectivity index (χ0) is 27.0. The summed E-state index contributed by atoms with van der Waals surface area (Å²) < 4.78 is 16.4. The summed E-state index contributed by atoms with van der Waals surface area (Å²) in [5, 5.41) is 30.8. The molecule has 3 amide bonds. The number of phenols is 1. The molecule has 2 heterocycles. The van der Waals surface area contributed by atoms with Crippen LogP contribution in [0.2, 0.25) is 6.32 Å². The number of hydrogen-bond donors (Lipinski definition) is 3. The van der Waals surface area contributed by atoms with Crippen LogP contribution in [0.3, 0.4) is 0 Å². The number of methoxy groups -OCH3 is 2. The molecule has 1 aromatic carbocycles. The van der Waals surface area contributed by atoms with Gasteiger partial charge < -0.3 is 29.4 Å². The molecular weight excluding hydrogens is 596 g/mol. The highest BCUT2D eigenvalue weighted by atomic mass is 127. The summed E-state index contributed by atoms with van der Waals surface area (Å²) in [7, 11) is 1.44. The molecule has 3 N–H and O–H groups in total. The number of aromatic hydroxyl groups is 1. The Labute approximate surface area is 228 Å². The Morgan fingerprint density at radius 3 is 2.65 bits per heavy atom. The Morgan fingerprint density at radius 1 is 1.27 bits per heavy atom. The van der Waals surface area contributed by atoms with Crippen molar-refractivity contribution in [2.24, 2.45) is 17.8 Å². The van der Waals surface area contributed by atoms with Crippen molar-refractivity contribution < 1.29 is 43.7 Å². The second kappa shape index (κ2) is 11.1. The summed E-state index contributed by atoms with van der Waals surface area (Å²) in [6.07, 6.45) is 1.66. The van der Waals surface area contributed by atoms with E-state index in [0.29, 0.717) is 32.6 Å². The molecule has 2 saturated heterocycles. The Bertz CT molecular complexity index is 1180. The fourth-order valence-corrected chi connectivity index (χ4v) is 6.35. The van der Waals surface area contributed by atoms with E-state index in [2.05, 4.69) is 4.74 Å². The number of halogens is 1. The van der Waals surface area contributed by atoms with E-state index in [-0.39, 0.29) is 25.1 Å². The van der Waals surface area contributed by atoms with E-state index >= 15 is 0 Å². The number of aliphatic hydroxyl groups is 1. The number of fused-ring (bicyclic) bond motifs is 3. The van der Waals surface area contributed by atoms with Crippen molar-refractivity contribution in [1.82, 2.24) is 4.90 Å². The number of ether oxygens (including phenoxy) is 2. The van der Waals surface area contributed by atoms with Crippen molar-refractivity contribution >= 4 is 53.7 Å². The molecule has 2 aliphatic heterocycles. The molecule has 0 spiro atoms. The molecule has 3 aliphatic rings. The average molecular weight is 625 g/mol. The Kier molecular flexibility index (Phi) is 8.31. The van der Waals surface area contributed by atoms with Crippen LogP contribution in [-0.4, -0.2) is 72.1 Å². The van der Waals surface area contributed by atoms with Gasteiger partial charge in [-0.2, -0.15) is 4.90 Å². The van der Waals surface area contributed by atoms with E-state index in [1.165, 1.54) is 7.11 Å². The van der Waals surface area contributed by atoms with Gasteiger partial charge in [0.1, 0.15) is 0 Å². The Hall–Kier alpha value is -2.42. The van der Waals surface area contributed by atoms with Gasteiger partial charge in [0.25, 0.3) is 0 Å². The van der Waals surface area contributed by atoms with Gasteiger partial charge in [0.15, 0.2) is 11.5 Å². The smallest absolute Gasteiger partial charge is 0.455 e. The number of rotatable bonds is 6. The average Bonchev–Trinajstić information content (AvgIpc) is 3.12. The normalized spacial score (nSPS) is 25.8. The number of likely N-dealkylation sites (tertiary alicyclic amines) is 1. The summed E-state index contributed by atoms with van der Waals surface area (Å²) in [4.78, 5) is 38.7. The van der Waals surface area contributed by atoms with Crippen LogP contribution in [0.1, 0.15) is 31.7 Å². The van der Waals surface area contributed by atoms with Gasteiger partial charge in [-0.25, -0.2) is 4.79 Å². The van der Waals surface area contributed by atoms with E-state index in [0.717, 1.165) is 23.8 Å². The molecule has 4 rings (SSSR count). The maximum Gasteiger partial charge on any atom is 0.455 e. The third kappa shape index (κ3) is 5.16. The van der Waals surface area contributed by atoms with Gasteiger partial charge in [-0.3, -0.25) is 9.59 Å². The van der Waals surface area contributed by atoms with Crippen LogP contribution < -0.4 is 4.74 Å². The van der Waals surface area contributed by atoms with Gasteiger partial charge in [-0.05, 0) is 89.9 Å². The second-order valence-electron chi connectivity index (χ2n) is 9.54. The molecule has 0 unspecified atom stereocenters. The molecule has 0 saturated carbocycles. The van der Waals surface area contributed by atoms with Crippen LogP contribution >= 0.6 is 22.6 Å². The molecule has 0 aromatic heterocycles. The lowest BCUT2D eigenvalue weighted by Crippen LogP contribution is -2.46. The van der Waals surface area contributed by atoms with Crippen molar-refractivity contribution in [1.29, 1.82) is 0 Å². The van der Waals surface area contributed by atoms with E-state index in [1.54, 1.807) is 6.07 Å². The van der Waals surface area contributed by atoms with Gasteiger partial charge in [-0.1, -0.05) is 11.6 Å². The van der Waals surface area contributed by atoms with Crippen LogP contribution in [0.15, 0.2) is 28.9 Å². The molecule has 37 heavy (non-hydrogen) atoms. The van der Waals surface area contributed by atoms with Crippen molar-refractivity contribution in [3.05, 3.63) is 38.0 Å². The zero-order valence-corrected chi connectivity index (χ0v) is 22.9. The zero-order valence-electron chi connectivity index (χ0n) is 20.8. The first kappa shape index (κ1) is 27.6. The van der Waals surface area contributed by atoms with E-state index in [4.69, 9.17) is 9.39 Å². The van der Waals surface area contributed by atoms with Gasteiger partial charge in [0.05, 0.1) is 42.3 Å². The minimum Gasteiger partial charge on any atom is -0.504 e. The van der Waals surface area contributed by atoms with Crippen LogP contribution in [-0.2, 0) is 19.0 Å². The Morgan fingerprint density at radius 2 is 2.00 bits per heavy atom. The van der Waals surface area contributed by atoms with Crippen LogP contribution in [0.5, 0.6) is 11.5 Å². The lowest BCUT2D eigenvalue weighted by atomic mass is 9.58. The van der Waals surface area contributed by atoms with Crippen molar-refractivity contribution in [2.75, 3.05) is 20.8 Å². The highest BCUT2D eigenvalue weighted by Gasteiger charge is 2.59. The number of allylic oxidation sites excluding steroid dienone is 1. The molecular formula is C25H29BINO9. The molecule has 1 aromatic rings. The number of imide groups is 3. The first-order chi connectivity index (χ1) is 17.6. The lowest BCUT2D eigenvalue weighted by molar-refractivity contribution is -0.137. The van der Waals surface area contributed by atoms with Gasteiger partial charge in [0, 0.05) is 0 Å². The first-order valence-electron chi connectivity index (χ1n) is 12.0. The third-order valence-electron chi connectivity index (χ3n) is 7.34. The molecule has 198 valence electrons. The van der Waals surface area contributed by atoms with E-state index in [1.807, 2.05) is 41.7 Å². The van der Waals surface area contributed by atoms with Crippen molar-refractivity contribution in [3.63, 3.8) is 0 Å². The lowest BCUT2D eigenvalue weighted by Gasteiger charge is -2.42. The molecule has 10 nitrogen and oxygen atoms in total. The predicted octanol–water partition coefficient (Wildman–Crippen LogP) is 2.74. The number of hydrogen-bond acceptors (Lipinski definition) is 9. The van der Waals surface area contributed by atoms with Crippen LogP contribution in [0.4, 0.5) is 4.79 Å². The monoisotopic (exact) mass is 625 g/mol. The van der Waals surface area contributed by atoms with E-state index in [9.17, 15) is 29.6 Å². The van der Waals surface area contributed by atoms with E-state index < -0.39 is 48.9 Å². The third-order valence-corrected chi connectivity index (χ3v) is 8.16. The van der Waals surface area contributed by atoms with Crippen LogP contribution in [0.25, 0.3) is 6.08 Å². The summed E-state index contributed by atoms with van der Waals surface area (Å²) in [6, 6.07) is 3.57. The fraction of sp³-hybridized carbons (Fsp3) is 0.480. The number of carbonyl (C=O) groups is 3. The minimum absolute atomic E-state index is 0.0818. The quantitative estimate of drug-likeness (QED) is 0.188. The summed E-state index contributed by atoms with van der Waals surface area (Å²) in [5.41, 5.74) is 3.20. The van der Waals surface area contributed by atoms with Gasteiger partial charge in [-0.15, -0.1) is 0 Å². The number of benzene rings is 1. The SMILES string of the molecule is COC(=O)N1C(=O)[C@@H]2[C@@H](CC(CO)=C3[C@@H](CC/C(C)=C/c4cc(I)c(O)c(OC)c4)OB(O)C[C@@H]32)C1=O. The number of amides is 3. The molecule has 12 heteroatoms. The molecule has 0 bridgehead atoms. The van der Waals surface area contributed by atoms with Crippen LogP contribution in [0, 0.1) is 21.3 Å². The fourth-order valence-electron chi connectivity index (χ4n) is 5.73. The number of phenolic OH excluding ortho intramolecular Hbond substituents is 1. The Balaban J connectivity index is 1.58. The van der Waals surface area contributed by atoms with Gasteiger partial charge >= 0.3 is 13.2 Å².